The molecule has 2 aromatic rings. The number of rotatable bonds is 9. The lowest BCUT2D eigenvalue weighted by atomic mass is 9.91. The van der Waals surface area contributed by atoms with Gasteiger partial charge in [0.25, 0.3) is 5.92 Å². The lowest BCUT2D eigenvalue weighted by molar-refractivity contribution is 0.0138. The van der Waals surface area contributed by atoms with E-state index in [-0.39, 0.29) is 17.5 Å². The Morgan fingerprint density at radius 1 is 1.14 bits per heavy atom. The van der Waals surface area contributed by atoms with Gasteiger partial charge in [-0.05, 0) is 76.3 Å². The molecule has 1 aliphatic carbocycles. The van der Waals surface area contributed by atoms with E-state index in [0.29, 0.717) is 26.4 Å². The topological polar surface area (TPSA) is 85.8 Å². The number of benzene rings is 2. The molecular weight excluding hydrogens is 549 g/mol. The van der Waals surface area contributed by atoms with Gasteiger partial charge in [-0.2, -0.15) is 0 Å². The smallest absolute Gasteiger partial charge is 0.319 e. The van der Waals surface area contributed by atoms with Gasteiger partial charge in [0.2, 0.25) is 0 Å². The summed E-state index contributed by atoms with van der Waals surface area (Å²) in [6.45, 7) is 1.60. The lowest BCUT2D eigenvalue weighted by Gasteiger charge is -2.23. The monoisotopic (exact) mass is 574 g/mol. The molecule has 1 aliphatic heterocycles. The molecule has 1 unspecified atom stereocenters. The number of aliphatic imine (C=N–C) groups is 1. The van der Waals surface area contributed by atoms with Crippen molar-refractivity contribution in [2.45, 2.75) is 31.7 Å². The molecule has 0 fully saturated rings. The third kappa shape index (κ3) is 6.43. The van der Waals surface area contributed by atoms with E-state index in [1.807, 2.05) is 24.3 Å². The van der Waals surface area contributed by atoms with Gasteiger partial charge in [0.05, 0.1) is 5.56 Å². The molecule has 37 heavy (non-hydrogen) atoms. The first-order valence-corrected chi connectivity index (χ1v) is 12.5. The maximum absolute atomic E-state index is 13.6. The van der Waals surface area contributed by atoms with Crippen molar-refractivity contribution in [1.29, 1.82) is 0 Å². The van der Waals surface area contributed by atoms with Crippen LogP contribution in [0.15, 0.2) is 75.4 Å². The summed E-state index contributed by atoms with van der Waals surface area (Å²) in [5.74, 6) is -4.18. The van der Waals surface area contributed by atoms with Crippen LogP contribution in [0.2, 0.25) is 0 Å². The molecular formula is C27H26BrF3N4O2. The summed E-state index contributed by atoms with van der Waals surface area (Å²) in [6.07, 6.45) is 7.17. The highest BCUT2D eigenvalue weighted by Crippen LogP contribution is 2.37. The van der Waals surface area contributed by atoms with Gasteiger partial charge < -0.3 is 21.1 Å². The number of fused-ring (bicyclic) bond motifs is 1. The molecule has 194 valence electrons. The predicted octanol–water partition coefficient (Wildman–Crippen LogP) is 6.22. The lowest BCUT2D eigenvalue weighted by Crippen LogP contribution is -2.30. The first-order valence-electron chi connectivity index (χ1n) is 11.7. The minimum absolute atomic E-state index is 0.0850. The molecule has 2 aromatic carbocycles. The van der Waals surface area contributed by atoms with Crippen LogP contribution in [0.3, 0.4) is 0 Å². The van der Waals surface area contributed by atoms with E-state index in [2.05, 4.69) is 36.9 Å². The van der Waals surface area contributed by atoms with Gasteiger partial charge in [0, 0.05) is 47.7 Å². The highest BCUT2D eigenvalue weighted by atomic mass is 79.9. The molecule has 0 aromatic heterocycles. The van der Waals surface area contributed by atoms with Crippen LogP contribution in [0.5, 0.6) is 5.75 Å². The average molecular weight is 575 g/mol. The number of anilines is 1. The molecule has 4 N–H and O–H groups in total. The maximum atomic E-state index is 13.6. The summed E-state index contributed by atoms with van der Waals surface area (Å²) < 4.78 is 41.5. The largest absolute Gasteiger partial charge is 0.507 e. The number of aromatic hydroxyl groups is 1. The minimum Gasteiger partial charge on any atom is -0.507 e. The van der Waals surface area contributed by atoms with Gasteiger partial charge >= 0.3 is 6.03 Å². The number of urea groups is 1. The van der Waals surface area contributed by atoms with Crippen molar-refractivity contribution in [1.82, 2.24) is 10.6 Å². The molecule has 10 heteroatoms. The minimum atomic E-state index is -3.35. The van der Waals surface area contributed by atoms with Crippen molar-refractivity contribution in [3.8, 4) is 5.75 Å². The zero-order chi connectivity index (χ0) is 26.6. The van der Waals surface area contributed by atoms with Crippen molar-refractivity contribution in [3.63, 3.8) is 0 Å². The molecule has 0 bridgehead atoms. The van der Waals surface area contributed by atoms with Crippen LogP contribution in [0, 0.1) is 5.82 Å². The number of amides is 2. The fraction of sp³-hybridized carbons (Fsp3) is 0.259. The molecule has 4 rings (SSSR count). The molecule has 1 heterocycles. The molecule has 6 nitrogen and oxygen atoms in total. The molecule has 2 amide bonds. The number of nitrogens with zero attached hydrogens (tertiary/aromatic N) is 1. The Morgan fingerprint density at radius 2 is 1.89 bits per heavy atom. The highest BCUT2D eigenvalue weighted by Gasteiger charge is 2.29. The molecule has 0 spiro atoms. The maximum Gasteiger partial charge on any atom is 0.319 e. The summed E-state index contributed by atoms with van der Waals surface area (Å²) >= 11 is 3.55. The van der Waals surface area contributed by atoms with Crippen molar-refractivity contribution in [2.24, 2.45) is 4.99 Å². The van der Waals surface area contributed by atoms with Crippen molar-refractivity contribution < 1.29 is 23.1 Å². The Hall–Kier alpha value is -3.53. The summed E-state index contributed by atoms with van der Waals surface area (Å²) in [4.78, 5) is 16.7. The van der Waals surface area contributed by atoms with Crippen LogP contribution in [0.4, 0.5) is 23.7 Å². The number of allylic oxidation sites excluding steroid dienone is 3. The third-order valence-electron chi connectivity index (χ3n) is 5.95. The van der Waals surface area contributed by atoms with E-state index in [9.17, 15) is 23.1 Å². The number of carbonyl (C=O) groups excluding carboxylic acids is 1. The first-order chi connectivity index (χ1) is 17.6. The summed E-state index contributed by atoms with van der Waals surface area (Å²) in [6, 6.07) is 9.51. The summed E-state index contributed by atoms with van der Waals surface area (Å²) in [5, 5.41) is 18.8. The highest BCUT2D eigenvalue weighted by molar-refractivity contribution is 9.12. The number of phenols is 1. The second-order valence-electron chi connectivity index (χ2n) is 8.80. The normalized spacial score (nSPS) is 16.7. The van der Waals surface area contributed by atoms with Gasteiger partial charge in [-0.1, -0.05) is 18.2 Å². The quantitative estimate of drug-likeness (QED) is 0.268. The van der Waals surface area contributed by atoms with E-state index in [0.717, 1.165) is 45.4 Å². The van der Waals surface area contributed by atoms with E-state index < -0.39 is 23.3 Å². The van der Waals surface area contributed by atoms with Crippen molar-refractivity contribution in [3.05, 3.63) is 87.3 Å². The number of para-hydroxylation sites is 1. The van der Waals surface area contributed by atoms with E-state index >= 15 is 0 Å². The number of phenolic OH excluding ortho intramolecular Hbond substituents is 1. The second-order valence-corrected chi connectivity index (χ2v) is 9.65. The number of unbranched alkanes of at least 4 members (excludes halogenated alkanes) is 1. The van der Waals surface area contributed by atoms with Gasteiger partial charge in [0.15, 0.2) is 0 Å². The van der Waals surface area contributed by atoms with Crippen LogP contribution >= 0.6 is 15.9 Å². The Bertz CT molecular complexity index is 1310. The van der Waals surface area contributed by atoms with Crippen molar-refractivity contribution >= 4 is 39.4 Å². The second kappa shape index (κ2) is 11.2. The van der Waals surface area contributed by atoms with Crippen LogP contribution in [0.25, 0.3) is 5.57 Å². The Balaban J connectivity index is 1.27. The molecule has 0 saturated heterocycles. The van der Waals surface area contributed by atoms with E-state index in [1.165, 1.54) is 6.07 Å². The Kier molecular flexibility index (Phi) is 8.06. The standard InChI is InChI=1S/C27H26BrF3N4O2/c1-27(30,31)20-14-17(8-9-22(20)29)35-26(37)33-11-5-4-10-32-23-13-16(18-6-2-3-7-24(18)36)12-19-21(28)15-34-25(19)23/h2-3,6-9,12-15,25,32,36H,4-5,10-11H2,1H3,(H2,33,35,37). The van der Waals surface area contributed by atoms with E-state index in [1.54, 1.807) is 18.3 Å². The van der Waals surface area contributed by atoms with Crippen LogP contribution < -0.4 is 16.0 Å². The number of nitrogens with one attached hydrogen (secondary N) is 3. The van der Waals surface area contributed by atoms with Gasteiger partial charge in [-0.25, -0.2) is 18.0 Å². The summed E-state index contributed by atoms with van der Waals surface area (Å²) in [7, 11) is 0. The number of alkyl halides is 2. The first kappa shape index (κ1) is 26.5. The number of hydrogen-bond acceptors (Lipinski definition) is 4. The molecule has 0 radical (unpaired) electrons. The number of halogens is 4. The number of hydrogen-bond donors (Lipinski definition) is 4. The predicted molar refractivity (Wildman–Crippen MR) is 143 cm³/mol. The zero-order valence-electron chi connectivity index (χ0n) is 20.0. The van der Waals surface area contributed by atoms with E-state index in [4.69, 9.17) is 0 Å². The van der Waals surface area contributed by atoms with Crippen molar-refractivity contribution in [2.75, 3.05) is 18.4 Å². The molecule has 2 aliphatic rings. The Labute approximate surface area is 221 Å². The fourth-order valence-electron chi connectivity index (χ4n) is 4.10. The van der Waals surface area contributed by atoms with Gasteiger partial charge in [-0.3, -0.25) is 4.99 Å². The van der Waals surface area contributed by atoms with Gasteiger partial charge in [0.1, 0.15) is 17.6 Å². The van der Waals surface area contributed by atoms with Crippen LogP contribution in [-0.2, 0) is 5.92 Å². The van der Waals surface area contributed by atoms with Gasteiger partial charge in [-0.15, -0.1) is 0 Å². The summed E-state index contributed by atoms with van der Waals surface area (Å²) in [5.41, 5.74) is 2.83. The fourth-order valence-corrected chi connectivity index (χ4v) is 4.55. The van der Waals surface area contributed by atoms with Crippen LogP contribution in [0.1, 0.15) is 30.9 Å². The number of carbonyl (C=O) groups is 1. The average Bonchev–Trinajstić information content (AvgIpc) is 3.22. The molecule has 1 atom stereocenters. The molecule has 0 saturated carbocycles. The third-order valence-corrected chi connectivity index (χ3v) is 6.62. The zero-order valence-corrected chi connectivity index (χ0v) is 21.6. The van der Waals surface area contributed by atoms with Crippen LogP contribution in [-0.4, -0.2) is 36.5 Å². The SMILES string of the molecule is CC(F)(F)c1cc(NC(=O)NCCCCNC2=CC(c3ccccc3O)=CC3=C(Br)C=NC23)ccc1F. The Morgan fingerprint density at radius 3 is 2.65 bits per heavy atom.